The van der Waals surface area contributed by atoms with Crippen LogP contribution in [0.3, 0.4) is 0 Å². The summed E-state index contributed by atoms with van der Waals surface area (Å²) in [4.78, 5) is 6.32. The lowest BCUT2D eigenvalue weighted by Gasteiger charge is -2.27. The molecule has 0 aromatic rings. The summed E-state index contributed by atoms with van der Waals surface area (Å²) in [7, 11) is 0. The molecule has 1 aliphatic heterocycles. The van der Waals surface area contributed by atoms with Crippen molar-refractivity contribution in [2.24, 2.45) is 4.99 Å². The Balaban J connectivity index is 2.06. The molecule has 0 radical (unpaired) electrons. The Bertz CT molecular complexity index is 213. The maximum absolute atomic E-state index is 4.13. The van der Waals surface area contributed by atoms with E-state index in [1.54, 1.807) is 0 Å². The monoisotopic (exact) mass is 134 g/mol. The molecule has 0 saturated carbocycles. The van der Waals surface area contributed by atoms with Crippen LogP contribution in [0, 0.1) is 0 Å². The molecule has 0 unspecified atom stereocenters. The minimum absolute atomic E-state index is 0.808. The minimum Gasteiger partial charge on any atom is -0.332 e. The lowest BCUT2D eigenvalue weighted by Crippen LogP contribution is -2.21. The SMILES string of the molecule is C1=CN(C2=CCC2)CN=C1. The third-order valence-corrected chi connectivity index (χ3v) is 1.84. The normalized spacial score (nSPS) is 22.4. The molecular weight excluding hydrogens is 124 g/mol. The number of allylic oxidation sites excluding steroid dienone is 3. The average Bonchev–Trinajstić information content (AvgIpc) is 1.86. The van der Waals surface area contributed by atoms with E-state index in [9.17, 15) is 0 Å². The van der Waals surface area contributed by atoms with Gasteiger partial charge in [0.2, 0.25) is 0 Å². The standard InChI is InChI=1S/C8H10N2/c1-3-8(4-1)10-6-2-5-9-7-10/h2-3,5-6H,1,4,7H2. The quantitative estimate of drug-likeness (QED) is 0.531. The van der Waals surface area contributed by atoms with Gasteiger partial charge in [-0.1, -0.05) is 6.08 Å². The van der Waals surface area contributed by atoms with Crippen LogP contribution in [0.1, 0.15) is 12.8 Å². The molecule has 0 saturated heterocycles. The number of aliphatic imine (C=N–C) groups is 1. The fourth-order valence-electron chi connectivity index (χ4n) is 1.11. The summed E-state index contributed by atoms with van der Waals surface area (Å²) in [6, 6.07) is 0. The second kappa shape index (κ2) is 2.29. The molecule has 2 aliphatic rings. The molecule has 2 rings (SSSR count). The zero-order valence-corrected chi connectivity index (χ0v) is 5.83. The van der Waals surface area contributed by atoms with Gasteiger partial charge in [-0.3, -0.25) is 4.99 Å². The average molecular weight is 134 g/mol. The molecule has 10 heavy (non-hydrogen) atoms. The Morgan fingerprint density at radius 3 is 2.90 bits per heavy atom. The van der Waals surface area contributed by atoms with E-state index in [2.05, 4.69) is 22.2 Å². The van der Waals surface area contributed by atoms with E-state index in [1.165, 1.54) is 18.5 Å². The summed E-state index contributed by atoms with van der Waals surface area (Å²) in [5.74, 6) is 0. The first-order chi connectivity index (χ1) is 4.97. The fourth-order valence-corrected chi connectivity index (χ4v) is 1.11. The van der Waals surface area contributed by atoms with Crippen molar-refractivity contribution in [2.75, 3.05) is 6.67 Å². The number of hydrogen-bond acceptors (Lipinski definition) is 2. The highest BCUT2D eigenvalue weighted by molar-refractivity contribution is 5.71. The van der Waals surface area contributed by atoms with E-state index in [4.69, 9.17) is 0 Å². The van der Waals surface area contributed by atoms with Crippen molar-refractivity contribution in [2.45, 2.75) is 12.8 Å². The van der Waals surface area contributed by atoms with Crippen molar-refractivity contribution in [1.29, 1.82) is 0 Å². The number of nitrogens with zero attached hydrogens (tertiary/aromatic N) is 2. The van der Waals surface area contributed by atoms with Crippen LogP contribution in [0.15, 0.2) is 29.0 Å². The first-order valence-electron chi connectivity index (χ1n) is 3.59. The topological polar surface area (TPSA) is 15.6 Å². The van der Waals surface area contributed by atoms with Crippen LogP contribution < -0.4 is 0 Å². The van der Waals surface area contributed by atoms with Gasteiger partial charge in [0.05, 0.1) is 0 Å². The van der Waals surface area contributed by atoms with Crippen molar-refractivity contribution in [3.63, 3.8) is 0 Å². The summed E-state index contributed by atoms with van der Waals surface area (Å²) in [6.45, 7) is 0.808. The second-order valence-corrected chi connectivity index (χ2v) is 2.52. The van der Waals surface area contributed by atoms with E-state index in [0.717, 1.165) is 6.67 Å². The first kappa shape index (κ1) is 5.71. The maximum atomic E-state index is 4.13. The molecule has 0 aromatic heterocycles. The lowest BCUT2D eigenvalue weighted by molar-refractivity contribution is 0.435. The molecule has 0 bridgehead atoms. The summed E-state index contributed by atoms with van der Waals surface area (Å²) in [6.07, 6.45) is 10.6. The number of hydrogen-bond donors (Lipinski definition) is 0. The maximum Gasteiger partial charge on any atom is 0.113 e. The van der Waals surface area contributed by atoms with Gasteiger partial charge >= 0.3 is 0 Å². The molecule has 0 amide bonds. The van der Waals surface area contributed by atoms with Crippen molar-refractivity contribution in [1.82, 2.24) is 4.90 Å². The van der Waals surface area contributed by atoms with Crippen molar-refractivity contribution in [3.8, 4) is 0 Å². The van der Waals surface area contributed by atoms with Gasteiger partial charge in [0.25, 0.3) is 0 Å². The van der Waals surface area contributed by atoms with E-state index >= 15 is 0 Å². The first-order valence-corrected chi connectivity index (χ1v) is 3.59. The Kier molecular flexibility index (Phi) is 1.31. The largest absolute Gasteiger partial charge is 0.332 e. The molecule has 52 valence electrons. The van der Waals surface area contributed by atoms with Gasteiger partial charge in [-0.25, -0.2) is 0 Å². The molecule has 0 fully saturated rings. The summed E-state index contributed by atoms with van der Waals surface area (Å²) >= 11 is 0. The van der Waals surface area contributed by atoms with Crippen molar-refractivity contribution in [3.05, 3.63) is 24.0 Å². The van der Waals surface area contributed by atoms with E-state index in [1.807, 2.05) is 12.3 Å². The van der Waals surface area contributed by atoms with Gasteiger partial charge < -0.3 is 4.90 Å². The Morgan fingerprint density at radius 1 is 1.50 bits per heavy atom. The zero-order valence-electron chi connectivity index (χ0n) is 5.83. The smallest absolute Gasteiger partial charge is 0.113 e. The van der Waals surface area contributed by atoms with Gasteiger partial charge in [0.1, 0.15) is 6.67 Å². The molecule has 2 nitrogen and oxygen atoms in total. The summed E-state index contributed by atoms with van der Waals surface area (Å²) in [5, 5.41) is 0. The Hall–Kier alpha value is -1.05. The molecule has 0 atom stereocenters. The van der Waals surface area contributed by atoms with Crippen LogP contribution in [0.5, 0.6) is 0 Å². The van der Waals surface area contributed by atoms with Crippen LogP contribution in [-0.4, -0.2) is 17.8 Å². The van der Waals surface area contributed by atoms with Gasteiger partial charge in [-0.05, 0) is 18.9 Å². The summed E-state index contributed by atoms with van der Waals surface area (Å²) in [5.41, 5.74) is 1.42. The molecule has 1 heterocycles. The third kappa shape index (κ3) is 0.856. The zero-order chi connectivity index (χ0) is 6.81. The highest BCUT2D eigenvalue weighted by Gasteiger charge is 2.11. The molecule has 2 heteroatoms. The van der Waals surface area contributed by atoms with Gasteiger partial charge in [-0.15, -0.1) is 0 Å². The Labute approximate surface area is 60.6 Å². The van der Waals surface area contributed by atoms with Gasteiger partial charge in [0.15, 0.2) is 0 Å². The van der Waals surface area contributed by atoms with E-state index in [-0.39, 0.29) is 0 Å². The lowest BCUT2D eigenvalue weighted by atomic mass is 10.1. The van der Waals surface area contributed by atoms with E-state index < -0.39 is 0 Å². The molecular formula is C8H10N2. The van der Waals surface area contributed by atoms with Crippen LogP contribution in [-0.2, 0) is 0 Å². The van der Waals surface area contributed by atoms with Crippen molar-refractivity contribution < 1.29 is 0 Å². The van der Waals surface area contributed by atoms with Crippen LogP contribution in [0.25, 0.3) is 0 Å². The summed E-state index contributed by atoms with van der Waals surface area (Å²) < 4.78 is 0. The minimum atomic E-state index is 0.808. The molecule has 0 aromatic carbocycles. The fraction of sp³-hybridized carbons (Fsp3) is 0.375. The molecule has 0 spiro atoms. The number of rotatable bonds is 1. The predicted octanol–water partition coefficient (Wildman–Crippen LogP) is 1.52. The van der Waals surface area contributed by atoms with E-state index in [0.29, 0.717) is 0 Å². The third-order valence-electron chi connectivity index (χ3n) is 1.84. The highest BCUT2D eigenvalue weighted by atomic mass is 15.2. The Morgan fingerprint density at radius 2 is 2.40 bits per heavy atom. The molecule has 1 aliphatic carbocycles. The van der Waals surface area contributed by atoms with Gasteiger partial charge in [0, 0.05) is 18.1 Å². The van der Waals surface area contributed by atoms with Crippen LogP contribution in [0.2, 0.25) is 0 Å². The predicted molar refractivity (Wildman–Crippen MR) is 41.7 cm³/mol. The second-order valence-electron chi connectivity index (χ2n) is 2.52. The van der Waals surface area contributed by atoms with Gasteiger partial charge in [-0.2, -0.15) is 0 Å². The molecule has 0 N–H and O–H groups in total. The van der Waals surface area contributed by atoms with Crippen LogP contribution >= 0.6 is 0 Å². The van der Waals surface area contributed by atoms with Crippen molar-refractivity contribution >= 4 is 6.21 Å². The van der Waals surface area contributed by atoms with Crippen LogP contribution in [0.4, 0.5) is 0 Å². The highest BCUT2D eigenvalue weighted by Crippen LogP contribution is 2.22.